The van der Waals surface area contributed by atoms with Crippen LogP contribution in [0.3, 0.4) is 0 Å². The van der Waals surface area contributed by atoms with Gasteiger partial charge >= 0.3 is 0 Å². The summed E-state index contributed by atoms with van der Waals surface area (Å²) < 4.78 is 0. The van der Waals surface area contributed by atoms with E-state index in [-0.39, 0.29) is 0 Å². The molecular weight excluding hydrogens is 158 g/mol. The fraction of sp³-hybridized carbons (Fsp3) is 0.500. The molecule has 13 heavy (non-hydrogen) atoms. The smallest absolute Gasteiger partial charge is 0.0402 e. The monoisotopic (exact) mass is 175 g/mol. The van der Waals surface area contributed by atoms with E-state index in [4.69, 9.17) is 0 Å². The molecule has 1 aromatic carbocycles. The van der Waals surface area contributed by atoms with Crippen molar-refractivity contribution >= 4 is 5.69 Å². The highest BCUT2D eigenvalue weighted by atomic mass is 14.9. The largest absolute Gasteiger partial charge is 0.384 e. The molecule has 1 aliphatic heterocycles. The van der Waals surface area contributed by atoms with Crippen molar-refractivity contribution in [1.82, 2.24) is 0 Å². The Bertz CT molecular complexity index is 326. The Balaban J connectivity index is 2.42. The average Bonchev–Trinajstić information content (AvgIpc) is 2.02. The van der Waals surface area contributed by atoms with E-state index in [1.54, 1.807) is 0 Å². The molecule has 0 radical (unpaired) electrons. The zero-order valence-electron chi connectivity index (χ0n) is 8.65. The number of hydrogen-bond acceptors (Lipinski definition) is 1. The highest BCUT2D eigenvalue weighted by molar-refractivity contribution is 5.59. The van der Waals surface area contributed by atoms with Crippen LogP contribution >= 0.6 is 0 Å². The first-order valence-electron chi connectivity index (χ1n) is 4.91. The molecule has 0 bridgehead atoms. The van der Waals surface area contributed by atoms with E-state index in [0.29, 0.717) is 5.41 Å². The predicted octanol–water partition coefficient (Wildman–Crippen LogP) is 2.99. The molecule has 70 valence electrons. The van der Waals surface area contributed by atoms with Gasteiger partial charge in [-0.15, -0.1) is 0 Å². The van der Waals surface area contributed by atoms with Crippen LogP contribution < -0.4 is 5.32 Å². The van der Waals surface area contributed by atoms with Crippen LogP contribution in [0, 0.1) is 12.3 Å². The Morgan fingerprint density at radius 2 is 2.08 bits per heavy atom. The van der Waals surface area contributed by atoms with Gasteiger partial charge in [0.25, 0.3) is 0 Å². The average molecular weight is 175 g/mol. The van der Waals surface area contributed by atoms with Crippen molar-refractivity contribution in [3.05, 3.63) is 29.3 Å². The molecule has 0 aliphatic carbocycles. The summed E-state index contributed by atoms with van der Waals surface area (Å²) in [5.41, 5.74) is 4.60. The Hall–Kier alpha value is -0.980. The summed E-state index contributed by atoms with van der Waals surface area (Å²) in [6.45, 7) is 7.88. The van der Waals surface area contributed by atoms with E-state index in [1.165, 1.54) is 23.2 Å². The molecule has 1 heteroatoms. The van der Waals surface area contributed by atoms with Crippen LogP contribution in [-0.2, 0) is 6.42 Å². The number of fused-ring (bicyclic) bond motifs is 1. The molecule has 1 N–H and O–H groups in total. The summed E-state index contributed by atoms with van der Waals surface area (Å²) in [5, 5.41) is 3.52. The molecule has 0 unspecified atom stereocenters. The summed E-state index contributed by atoms with van der Waals surface area (Å²) in [6, 6.07) is 6.55. The second-order valence-corrected chi connectivity index (χ2v) is 4.80. The number of aryl methyl sites for hydroxylation is 1. The molecule has 2 rings (SSSR count). The Kier molecular flexibility index (Phi) is 1.83. The summed E-state index contributed by atoms with van der Waals surface area (Å²) in [5.74, 6) is 0. The van der Waals surface area contributed by atoms with Crippen molar-refractivity contribution in [3.8, 4) is 0 Å². The third kappa shape index (κ3) is 1.55. The van der Waals surface area contributed by atoms with Crippen LogP contribution in [-0.4, -0.2) is 6.54 Å². The zero-order chi connectivity index (χ0) is 9.47. The Morgan fingerprint density at radius 1 is 1.31 bits per heavy atom. The maximum absolute atomic E-state index is 3.52. The van der Waals surface area contributed by atoms with E-state index in [1.807, 2.05) is 0 Å². The summed E-state index contributed by atoms with van der Waals surface area (Å²) >= 11 is 0. The number of hydrogen-bond donors (Lipinski definition) is 1. The summed E-state index contributed by atoms with van der Waals surface area (Å²) in [4.78, 5) is 0. The highest BCUT2D eigenvalue weighted by Gasteiger charge is 2.25. The standard InChI is InChI=1S/C12H17N/c1-9-5-4-6-10-7-12(2,3)8-13-11(9)10/h4-6,13H,7-8H2,1-3H3. The van der Waals surface area contributed by atoms with E-state index < -0.39 is 0 Å². The molecule has 0 saturated carbocycles. The second-order valence-electron chi connectivity index (χ2n) is 4.80. The molecular formula is C12H17N. The van der Waals surface area contributed by atoms with Crippen LogP contribution in [0.5, 0.6) is 0 Å². The van der Waals surface area contributed by atoms with Gasteiger partial charge in [0.15, 0.2) is 0 Å². The van der Waals surface area contributed by atoms with Crippen molar-refractivity contribution in [2.75, 3.05) is 11.9 Å². The third-order valence-corrected chi connectivity index (χ3v) is 2.77. The van der Waals surface area contributed by atoms with E-state index >= 15 is 0 Å². The van der Waals surface area contributed by atoms with E-state index in [9.17, 15) is 0 Å². The molecule has 0 amide bonds. The van der Waals surface area contributed by atoms with Gasteiger partial charge in [-0.1, -0.05) is 32.0 Å². The molecule has 0 fully saturated rings. The molecule has 0 aromatic heterocycles. The van der Waals surface area contributed by atoms with Gasteiger partial charge in [-0.25, -0.2) is 0 Å². The SMILES string of the molecule is Cc1cccc2c1NCC(C)(C)C2. The first-order valence-corrected chi connectivity index (χ1v) is 4.91. The van der Waals surface area contributed by atoms with Crippen molar-refractivity contribution in [1.29, 1.82) is 0 Å². The molecule has 0 spiro atoms. The van der Waals surface area contributed by atoms with Gasteiger partial charge in [-0.05, 0) is 29.9 Å². The first-order chi connectivity index (χ1) is 6.08. The van der Waals surface area contributed by atoms with Crippen molar-refractivity contribution in [2.24, 2.45) is 5.41 Å². The Morgan fingerprint density at radius 3 is 2.85 bits per heavy atom. The molecule has 1 heterocycles. The third-order valence-electron chi connectivity index (χ3n) is 2.77. The van der Waals surface area contributed by atoms with Crippen molar-refractivity contribution in [2.45, 2.75) is 27.2 Å². The number of anilines is 1. The number of benzene rings is 1. The van der Waals surface area contributed by atoms with Gasteiger partial charge < -0.3 is 5.32 Å². The van der Waals surface area contributed by atoms with Crippen LogP contribution in [0.25, 0.3) is 0 Å². The van der Waals surface area contributed by atoms with Gasteiger partial charge in [0.1, 0.15) is 0 Å². The van der Waals surface area contributed by atoms with Crippen LogP contribution in [0.4, 0.5) is 5.69 Å². The lowest BCUT2D eigenvalue weighted by atomic mass is 9.81. The minimum Gasteiger partial charge on any atom is -0.384 e. The first kappa shape index (κ1) is 8.61. The molecule has 0 atom stereocenters. The molecule has 1 aliphatic rings. The van der Waals surface area contributed by atoms with Gasteiger partial charge in [-0.2, -0.15) is 0 Å². The number of para-hydroxylation sites is 1. The van der Waals surface area contributed by atoms with Crippen LogP contribution in [0.2, 0.25) is 0 Å². The molecule has 1 nitrogen and oxygen atoms in total. The maximum Gasteiger partial charge on any atom is 0.0402 e. The van der Waals surface area contributed by atoms with Gasteiger partial charge in [0, 0.05) is 12.2 Å². The quantitative estimate of drug-likeness (QED) is 0.639. The van der Waals surface area contributed by atoms with Crippen molar-refractivity contribution < 1.29 is 0 Å². The lowest BCUT2D eigenvalue weighted by molar-refractivity contribution is 0.379. The van der Waals surface area contributed by atoms with E-state index in [2.05, 4.69) is 44.3 Å². The number of rotatable bonds is 0. The minimum atomic E-state index is 0.404. The van der Waals surface area contributed by atoms with Gasteiger partial charge in [-0.3, -0.25) is 0 Å². The van der Waals surface area contributed by atoms with Crippen LogP contribution in [0.15, 0.2) is 18.2 Å². The lowest BCUT2D eigenvalue weighted by Gasteiger charge is -2.33. The molecule has 0 saturated heterocycles. The van der Waals surface area contributed by atoms with Gasteiger partial charge in [0.05, 0.1) is 0 Å². The topological polar surface area (TPSA) is 12.0 Å². The lowest BCUT2D eigenvalue weighted by Crippen LogP contribution is -2.30. The predicted molar refractivity (Wildman–Crippen MR) is 57.2 cm³/mol. The minimum absolute atomic E-state index is 0.404. The van der Waals surface area contributed by atoms with Gasteiger partial charge in [0.2, 0.25) is 0 Å². The fourth-order valence-corrected chi connectivity index (χ4v) is 2.03. The van der Waals surface area contributed by atoms with Crippen molar-refractivity contribution in [3.63, 3.8) is 0 Å². The highest BCUT2D eigenvalue weighted by Crippen LogP contribution is 2.33. The van der Waals surface area contributed by atoms with E-state index in [0.717, 1.165) is 6.54 Å². The zero-order valence-corrected chi connectivity index (χ0v) is 8.65. The number of nitrogens with one attached hydrogen (secondary N) is 1. The molecule has 1 aromatic rings. The summed E-state index contributed by atoms with van der Waals surface area (Å²) in [6.07, 6.45) is 1.19. The maximum atomic E-state index is 3.52. The fourth-order valence-electron chi connectivity index (χ4n) is 2.03. The second kappa shape index (κ2) is 2.76. The Labute approximate surface area is 80.2 Å². The van der Waals surface area contributed by atoms with Crippen LogP contribution in [0.1, 0.15) is 25.0 Å². The normalized spacial score (nSPS) is 19.0. The summed E-state index contributed by atoms with van der Waals surface area (Å²) in [7, 11) is 0.